The number of carbonyl (C=O) groups is 2. The van der Waals surface area contributed by atoms with E-state index in [2.05, 4.69) is 4.89 Å². The smallest absolute Gasteiger partial charge is 0.396 e. The van der Waals surface area contributed by atoms with Crippen molar-refractivity contribution in [2.24, 2.45) is 5.73 Å². The molecule has 1 unspecified atom stereocenters. The normalized spacial score (nSPS) is 13.0. The van der Waals surface area contributed by atoms with E-state index < -0.39 is 42.0 Å². The summed E-state index contributed by atoms with van der Waals surface area (Å²) in [4.78, 5) is 28.0. The van der Waals surface area contributed by atoms with Crippen LogP contribution in [0, 0.1) is 11.0 Å². The number of hydrogen-bond acceptors (Lipinski definition) is 9. The molecule has 34 heavy (non-hydrogen) atoms. The number of carbonyl (C=O) groups excluding carboxylic acids is 1. The summed E-state index contributed by atoms with van der Waals surface area (Å²) in [5.74, 6) is -3.56. The van der Waals surface area contributed by atoms with Crippen molar-refractivity contribution in [3.63, 3.8) is 0 Å². The van der Waals surface area contributed by atoms with Crippen molar-refractivity contribution >= 4 is 11.9 Å². The van der Waals surface area contributed by atoms with Crippen molar-refractivity contribution in [1.82, 2.24) is 4.90 Å². The van der Waals surface area contributed by atoms with Crippen molar-refractivity contribution in [1.29, 1.82) is 0 Å². The third kappa shape index (κ3) is 8.24. The first-order valence-electron chi connectivity index (χ1n) is 10.4. The quantitative estimate of drug-likeness (QED) is 0.158. The summed E-state index contributed by atoms with van der Waals surface area (Å²) >= 11 is 0. The summed E-state index contributed by atoms with van der Waals surface area (Å²) in [7, 11) is 0. The highest BCUT2D eigenvalue weighted by Gasteiger charge is 2.27. The lowest BCUT2D eigenvalue weighted by Crippen LogP contribution is -2.50. The van der Waals surface area contributed by atoms with Gasteiger partial charge >= 0.3 is 11.9 Å². The van der Waals surface area contributed by atoms with Gasteiger partial charge in [0.25, 0.3) is 0 Å². The van der Waals surface area contributed by atoms with E-state index in [1.165, 1.54) is 11.0 Å². The molecule has 2 rings (SSSR count). The van der Waals surface area contributed by atoms with E-state index in [-0.39, 0.29) is 36.7 Å². The Morgan fingerprint density at radius 2 is 1.79 bits per heavy atom. The van der Waals surface area contributed by atoms with Crippen molar-refractivity contribution in [3.05, 3.63) is 64.1 Å². The molecule has 0 spiro atoms. The predicted molar refractivity (Wildman–Crippen MR) is 118 cm³/mol. The van der Waals surface area contributed by atoms with E-state index in [0.29, 0.717) is 18.5 Å². The maximum atomic E-state index is 13.6. The second-order valence-electron chi connectivity index (χ2n) is 7.94. The molecule has 0 aliphatic rings. The van der Waals surface area contributed by atoms with Gasteiger partial charge in [0.2, 0.25) is 0 Å². The van der Waals surface area contributed by atoms with Crippen LogP contribution in [0.2, 0.25) is 0 Å². The summed E-state index contributed by atoms with van der Waals surface area (Å²) in [6.07, 6.45) is 0.549. The number of aromatic hydroxyl groups is 2. The largest absolute Gasteiger partial charge is 0.632 e. The Bertz CT molecular complexity index is 1010. The van der Waals surface area contributed by atoms with Crippen LogP contribution in [0.3, 0.4) is 0 Å². The molecule has 0 amide bonds. The summed E-state index contributed by atoms with van der Waals surface area (Å²) < 4.78 is 12.3. The molecule has 186 valence electrons. The molecule has 0 bridgehead atoms. The third-order valence-corrected chi connectivity index (χ3v) is 5.17. The average Bonchev–Trinajstić information content (AvgIpc) is 2.76. The molecule has 6 N–H and O–H groups in total. The number of hydrogen-bond donors (Lipinski definition) is 5. The van der Waals surface area contributed by atoms with Gasteiger partial charge in [-0.25, -0.2) is 9.18 Å². The van der Waals surface area contributed by atoms with E-state index in [9.17, 15) is 34.5 Å². The molecule has 0 aromatic heterocycles. The number of quaternary nitrogens is 1. The first kappa shape index (κ1) is 27.0. The minimum absolute atomic E-state index is 0.0216. The second-order valence-corrected chi connectivity index (χ2v) is 7.94. The monoisotopic (exact) mass is 481 g/mol. The van der Waals surface area contributed by atoms with Gasteiger partial charge in [0.1, 0.15) is 23.9 Å². The van der Waals surface area contributed by atoms with Gasteiger partial charge in [-0.05, 0) is 42.8 Å². The van der Waals surface area contributed by atoms with Crippen LogP contribution in [-0.2, 0) is 34.0 Å². The molecule has 11 nitrogen and oxygen atoms in total. The number of carboxylic acids is 1. The number of hydroxylamine groups is 3. The lowest BCUT2D eigenvalue weighted by molar-refractivity contribution is -0.886. The Labute approximate surface area is 195 Å². The predicted octanol–water partition coefficient (Wildman–Crippen LogP) is 1.16. The van der Waals surface area contributed by atoms with Crippen LogP contribution in [0.4, 0.5) is 4.39 Å². The molecule has 0 aliphatic heterocycles. The second kappa shape index (κ2) is 12.3. The number of nitrogens with two attached hydrogens (primary N) is 1. The first-order valence-corrected chi connectivity index (χ1v) is 10.4. The van der Waals surface area contributed by atoms with Crippen molar-refractivity contribution < 1.29 is 44.1 Å². The fourth-order valence-electron chi connectivity index (χ4n) is 3.53. The van der Waals surface area contributed by atoms with Gasteiger partial charge in [-0.15, -0.1) is 0 Å². The molecule has 1 atom stereocenters. The maximum Gasteiger partial charge on any atom is 0.396 e. The van der Waals surface area contributed by atoms with Crippen LogP contribution >= 0.6 is 0 Å². The molecule has 0 heterocycles. The number of benzene rings is 2. The highest BCUT2D eigenvalue weighted by Crippen LogP contribution is 2.24. The minimum atomic E-state index is -1.37. The van der Waals surface area contributed by atoms with E-state index in [1.807, 2.05) is 0 Å². The summed E-state index contributed by atoms with van der Waals surface area (Å²) in [5, 5.41) is 51.5. The van der Waals surface area contributed by atoms with Gasteiger partial charge in [0, 0.05) is 18.7 Å². The van der Waals surface area contributed by atoms with E-state index in [0.717, 1.165) is 23.8 Å². The number of halogens is 1. The Kier molecular flexibility index (Phi) is 9.71. The molecule has 0 radical (unpaired) electrons. The van der Waals surface area contributed by atoms with Gasteiger partial charge in [-0.2, -0.15) is 5.26 Å². The molecular formula is C22H28FN3O8. The summed E-state index contributed by atoms with van der Waals surface area (Å²) in [6.45, 7) is -2.05. The molecule has 0 fully saturated rings. The van der Waals surface area contributed by atoms with E-state index in [4.69, 9.17) is 11.0 Å². The SMILES string of the molecule is NCCc1ccc(O)c(CN(CC[N+]([O-])(CC(=O)OO)Cc2cc(F)ccc2O)CC(=O)O)c1. The summed E-state index contributed by atoms with van der Waals surface area (Å²) in [5.41, 5.74) is 6.75. The minimum Gasteiger partial charge on any atom is -0.632 e. The van der Waals surface area contributed by atoms with Crippen LogP contribution in [0.25, 0.3) is 0 Å². The Hall–Kier alpha value is -3.29. The topological polar surface area (TPSA) is 177 Å². The summed E-state index contributed by atoms with van der Waals surface area (Å²) in [6, 6.07) is 7.86. The number of nitrogens with zero attached hydrogens (tertiary/aromatic N) is 2. The fraction of sp³-hybridized carbons (Fsp3) is 0.364. The van der Waals surface area contributed by atoms with Gasteiger partial charge in [-0.3, -0.25) is 14.6 Å². The number of phenols is 2. The Balaban J connectivity index is 2.25. The molecular weight excluding hydrogens is 453 g/mol. The molecule has 2 aromatic carbocycles. The highest BCUT2D eigenvalue weighted by molar-refractivity contribution is 5.70. The number of aliphatic carboxylic acids is 1. The number of carboxylic acid groups (broad SMARTS) is 1. The molecule has 2 aromatic rings. The molecule has 0 aliphatic carbocycles. The average molecular weight is 481 g/mol. The number of rotatable bonds is 13. The van der Waals surface area contributed by atoms with Crippen molar-refractivity contribution in [2.75, 3.05) is 32.7 Å². The lowest BCUT2D eigenvalue weighted by atomic mass is 10.1. The third-order valence-electron chi connectivity index (χ3n) is 5.17. The van der Waals surface area contributed by atoms with Crippen LogP contribution in [-0.4, -0.2) is 74.8 Å². The van der Waals surface area contributed by atoms with Gasteiger partial charge in [0.05, 0.1) is 18.7 Å². The standard InChI is InChI=1S/C22H28FN3O8/c23-18-2-4-20(28)17(10-18)13-26(32,14-22(31)34-33)8-7-25(12-21(29)30)11-16-9-15(5-6-24)1-3-19(16)27/h1-4,9-10,27-28,33H,5-8,11-14,24H2,(H,29,30). The molecule has 0 saturated heterocycles. The Morgan fingerprint density at radius 1 is 1.12 bits per heavy atom. The van der Waals surface area contributed by atoms with E-state index in [1.54, 1.807) is 12.1 Å². The highest BCUT2D eigenvalue weighted by atomic mass is 19.1. The van der Waals surface area contributed by atoms with Crippen molar-refractivity contribution in [2.45, 2.75) is 19.5 Å². The molecule has 0 saturated carbocycles. The van der Waals surface area contributed by atoms with Crippen LogP contribution in [0.15, 0.2) is 36.4 Å². The van der Waals surface area contributed by atoms with Crippen LogP contribution < -0.4 is 5.73 Å². The van der Waals surface area contributed by atoms with Crippen LogP contribution in [0.5, 0.6) is 11.5 Å². The number of phenolic OH excluding ortho intramolecular Hbond substituents is 2. The fourth-order valence-corrected chi connectivity index (χ4v) is 3.53. The zero-order valence-corrected chi connectivity index (χ0v) is 18.4. The first-order chi connectivity index (χ1) is 16.0. The lowest BCUT2D eigenvalue weighted by Gasteiger charge is -2.42. The van der Waals surface area contributed by atoms with E-state index >= 15 is 0 Å². The van der Waals surface area contributed by atoms with Crippen molar-refractivity contribution in [3.8, 4) is 11.5 Å². The van der Waals surface area contributed by atoms with Crippen LogP contribution in [0.1, 0.15) is 16.7 Å². The van der Waals surface area contributed by atoms with Gasteiger partial charge < -0.3 is 30.9 Å². The molecule has 12 heteroatoms. The van der Waals surface area contributed by atoms with Gasteiger partial charge in [0.15, 0.2) is 6.54 Å². The zero-order chi connectivity index (χ0) is 25.3. The maximum absolute atomic E-state index is 13.6. The zero-order valence-electron chi connectivity index (χ0n) is 18.4. The van der Waals surface area contributed by atoms with Gasteiger partial charge in [-0.1, -0.05) is 12.1 Å². The Morgan fingerprint density at radius 3 is 2.44 bits per heavy atom.